The second-order valence-electron chi connectivity index (χ2n) is 6.65. The Hall–Kier alpha value is -1.74. The lowest BCUT2D eigenvalue weighted by Crippen LogP contribution is -2.09. The first-order valence-corrected chi connectivity index (χ1v) is 12.4. The van der Waals surface area contributed by atoms with Gasteiger partial charge in [0.25, 0.3) is 0 Å². The third-order valence-electron chi connectivity index (χ3n) is 4.39. The van der Waals surface area contributed by atoms with Crippen LogP contribution in [0.1, 0.15) is 30.4 Å². The van der Waals surface area contributed by atoms with Crippen LogP contribution in [0.15, 0.2) is 67.0 Å². The molecule has 6 nitrogen and oxygen atoms in total. The molecule has 0 spiro atoms. The predicted octanol–water partition coefficient (Wildman–Crippen LogP) is 4.95. The lowest BCUT2D eigenvalue weighted by molar-refractivity contribution is 0.300. The Labute approximate surface area is 175 Å². The normalized spacial score (nSPS) is 15.3. The van der Waals surface area contributed by atoms with Crippen LogP contribution in [0, 0.1) is 13.8 Å². The summed E-state index contributed by atoms with van der Waals surface area (Å²) in [6.07, 6.45) is 2.20. The van der Waals surface area contributed by atoms with Crippen molar-refractivity contribution in [3.63, 3.8) is 0 Å². The number of aryl methyl sites for hydroxylation is 2. The molecule has 0 saturated heterocycles. The van der Waals surface area contributed by atoms with Crippen LogP contribution >= 0.6 is 0 Å². The maximum atomic E-state index is 12.8. The summed E-state index contributed by atoms with van der Waals surface area (Å²) >= 11 is 0. The van der Waals surface area contributed by atoms with Crippen LogP contribution in [0.2, 0.25) is 0 Å². The van der Waals surface area contributed by atoms with Crippen LogP contribution in [0.3, 0.4) is 0 Å². The minimum Gasteiger partial charge on any atom is -0.281 e. The van der Waals surface area contributed by atoms with Gasteiger partial charge in [0.2, 0.25) is 0 Å². The highest BCUT2D eigenvalue weighted by Gasteiger charge is 2.13. The molecule has 8 heteroatoms. The minimum absolute atomic E-state index is 0.329. The average Bonchev–Trinajstić information content (AvgIpc) is 2.73. The van der Waals surface area contributed by atoms with Crippen LogP contribution in [0.5, 0.6) is 0 Å². The molecule has 0 unspecified atom stereocenters. The summed E-state index contributed by atoms with van der Waals surface area (Å²) in [7, 11) is -2.69. The van der Waals surface area contributed by atoms with E-state index in [9.17, 15) is 8.42 Å². The molecule has 0 heterocycles. The van der Waals surface area contributed by atoms with Crippen molar-refractivity contribution in [2.24, 2.45) is 8.73 Å². The van der Waals surface area contributed by atoms with Crippen LogP contribution in [-0.4, -0.2) is 35.7 Å². The van der Waals surface area contributed by atoms with Crippen molar-refractivity contribution in [2.75, 3.05) is 27.3 Å². The molecule has 0 aliphatic carbocycles. The van der Waals surface area contributed by atoms with Gasteiger partial charge in [-0.05, 0) is 57.4 Å². The third kappa shape index (κ3) is 6.64. The summed E-state index contributed by atoms with van der Waals surface area (Å²) in [5.41, 5.74) is 2.18. The van der Waals surface area contributed by atoms with Gasteiger partial charge in [0, 0.05) is 14.1 Å². The number of hydrogen-bond acceptors (Lipinski definition) is 6. The van der Waals surface area contributed by atoms with Crippen LogP contribution in [0.4, 0.5) is 0 Å². The lowest BCUT2D eigenvalue weighted by Gasteiger charge is -2.12. The minimum atomic E-state index is -2.85. The zero-order valence-corrected chi connectivity index (χ0v) is 19.1. The zero-order chi connectivity index (χ0) is 21.3. The molecule has 29 heavy (non-hydrogen) atoms. The molecule has 0 aromatic heterocycles. The summed E-state index contributed by atoms with van der Waals surface area (Å²) in [4.78, 5) is 1.16. The van der Waals surface area contributed by atoms with Gasteiger partial charge in [-0.3, -0.25) is 8.37 Å². The van der Waals surface area contributed by atoms with E-state index in [-0.39, 0.29) is 0 Å². The molecule has 160 valence electrons. The molecule has 0 aliphatic heterocycles. The molecule has 2 rings (SSSR count). The van der Waals surface area contributed by atoms with Crippen molar-refractivity contribution < 1.29 is 16.8 Å². The fraction of sp³-hybridized carbons (Fsp3) is 0.429. The summed E-state index contributed by atoms with van der Waals surface area (Å²) in [6, 6.07) is 14.7. The maximum absolute atomic E-state index is 12.8. The monoisotopic (exact) mass is 438 g/mol. The Bertz CT molecular complexity index is 932. The molecule has 0 saturated carbocycles. The van der Waals surface area contributed by atoms with Gasteiger partial charge in [0.1, 0.15) is 0 Å². The SMILES string of the molecule is CN=[S@](=O)(OCCCCCO[S@@](=O)(=NC)c1ccc(C)cc1)c1ccc(C)cc1. The van der Waals surface area contributed by atoms with E-state index in [1.165, 1.54) is 14.1 Å². The van der Waals surface area contributed by atoms with Crippen LogP contribution in [0.25, 0.3) is 0 Å². The Kier molecular flexibility index (Phi) is 8.82. The van der Waals surface area contributed by atoms with E-state index >= 15 is 0 Å². The number of nitrogens with zero attached hydrogens (tertiary/aromatic N) is 2. The van der Waals surface area contributed by atoms with Gasteiger partial charge in [-0.25, -0.2) is 17.1 Å². The molecule has 0 amide bonds. The molecule has 2 aromatic carbocycles. The van der Waals surface area contributed by atoms with Gasteiger partial charge < -0.3 is 0 Å². The largest absolute Gasteiger partial charge is 0.281 e. The number of unbranched alkanes of at least 4 members (excludes halogenated alkanes) is 2. The second kappa shape index (κ2) is 10.9. The average molecular weight is 439 g/mol. The Morgan fingerprint density at radius 3 is 1.31 bits per heavy atom. The van der Waals surface area contributed by atoms with E-state index in [0.29, 0.717) is 35.8 Å². The molecule has 2 atom stereocenters. The van der Waals surface area contributed by atoms with Gasteiger partial charge in [0.15, 0.2) is 20.0 Å². The molecule has 2 aromatic rings. The first-order chi connectivity index (χ1) is 13.8. The van der Waals surface area contributed by atoms with Crippen molar-refractivity contribution in [2.45, 2.75) is 42.9 Å². The maximum Gasteiger partial charge on any atom is 0.193 e. The van der Waals surface area contributed by atoms with Crippen LogP contribution < -0.4 is 0 Å². The van der Waals surface area contributed by atoms with Crippen molar-refractivity contribution in [1.82, 2.24) is 0 Å². The quantitative estimate of drug-likeness (QED) is 0.492. The van der Waals surface area contributed by atoms with E-state index in [0.717, 1.165) is 17.5 Å². The predicted molar refractivity (Wildman–Crippen MR) is 118 cm³/mol. The van der Waals surface area contributed by atoms with E-state index in [2.05, 4.69) is 8.73 Å². The van der Waals surface area contributed by atoms with Gasteiger partial charge >= 0.3 is 0 Å². The molecule has 0 fully saturated rings. The number of rotatable bonds is 10. The van der Waals surface area contributed by atoms with E-state index in [4.69, 9.17) is 8.37 Å². The fourth-order valence-corrected chi connectivity index (χ4v) is 5.15. The van der Waals surface area contributed by atoms with E-state index in [1.54, 1.807) is 24.3 Å². The Morgan fingerprint density at radius 1 is 0.655 bits per heavy atom. The second-order valence-corrected chi connectivity index (χ2v) is 10.7. The highest BCUT2D eigenvalue weighted by molar-refractivity contribution is 7.89. The highest BCUT2D eigenvalue weighted by atomic mass is 32.2. The summed E-state index contributed by atoms with van der Waals surface area (Å²) in [5, 5.41) is 0. The molecule has 0 N–H and O–H groups in total. The molecular weight excluding hydrogens is 408 g/mol. The number of hydrogen-bond donors (Lipinski definition) is 0. The summed E-state index contributed by atoms with van der Waals surface area (Å²) in [6.45, 7) is 4.60. The lowest BCUT2D eigenvalue weighted by atomic mass is 10.2. The van der Waals surface area contributed by atoms with Crippen molar-refractivity contribution >= 4 is 20.0 Å². The van der Waals surface area contributed by atoms with E-state index in [1.807, 2.05) is 38.1 Å². The van der Waals surface area contributed by atoms with Gasteiger partial charge in [-0.2, -0.15) is 0 Å². The fourth-order valence-electron chi connectivity index (χ4n) is 2.60. The van der Waals surface area contributed by atoms with E-state index < -0.39 is 20.0 Å². The molecule has 0 bridgehead atoms. The standard InChI is InChI=1S/C21H30N2O4S2/c1-18-8-12-20(13-9-18)28(24,22-3)26-16-6-5-7-17-27-29(25,23-4)21-14-10-19(2)11-15-21/h8-15H,5-7,16-17H2,1-4H3/t28-,29-/m1/s1. The first-order valence-electron chi connectivity index (χ1n) is 9.55. The van der Waals surface area contributed by atoms with Crippen LogP contribution in [-0.2, 0) is 28.4 Å². The van der Waals surface area contributed by atoms with Gasteiger partial charge in [0.05, 0.1) is 23.0 Å². The summed E-state index contributed by atoms with van der Waals surface area (Å²) < 4.78 is 44.8. The zero-order valence-electron chi connectivity index (χ0n) is 17.5. The first kappa shape index (κ1) is 23.5. The summed E-state index contributed by atoms with van der Waals surface area (Å²) in [5.74, 6) is 0. The third-order valence-corrected chi connectivity index (χ3v) is 8.06. The number of benzene rings is 2. The topological polar surface area (TPSA) is 77.3 Å². The Morgan fingerprint density at radius 2 is 1.00 bits per heavy atom. The van der Waals surface area contributed by atoms with Crippen molar-refractivity contribution in [3.05, 3.63) is 59.7 Å². The molecular formula is C21H30N2O4S2. The Balaban J connectivity index is 1.78. The van der Waals surface area contributed by atoms with Crippen molar-refractivity contribution in [3.8, 4) is 0 Å². The molecule has 0 aliphatic rings. The van der Waals surface area contributed by atoms with Gasteiger partial charge in [-0.15, -0.1) is 0 Å². The van der Waals surface area contributed by atoms with Crippen molar-refractivity contribution in [1.29, 1.82) is 0 Å². The van der Waals surface area contributed by atoms with Gasteiger partial charge in [-0.1, -0.05) is 35.4 Å². The highest BCUT2D eigenvalue weighted by Crippen LogP contribution is 2.18. The smallest absolute Gasteiger partial charge is 0.193 e. The molecule has 0 radical (unpaired) electrons.